The van der Waals surface area contributed by atoms with Crippen LogP contribution < -0.4 is 4.90 Å². The summed E-state index contributed by atoms with van der Waals surface area (Å²) in [4.78, 5) is 33.3. The van der Waals surface area contributed by atoms with Crippen molar-refractivity contribution in [1.82, 2.24) is 4.98 Å². The van der Waals surface area contributed by atoms with Crippen molar-refractivity contribution in [3.63, 3.8) is 0 Å². The fourth-order valence-corrected chi connectivity index (χ4v) is 5.11. The largest absolute Gasteiger partial charge is 0.508 e. The standard InChI is InChI=1S/C25H26N2O4/c1-13-7-8-20(26-12-13)27-22(16-5-4-6-17(28)11-16)21-23(29)18-9-14(2)15(3)10-19(18)31-24(21)25(27)30/h4-8,11-12,14-15,18-19,22,28H,9-10H2,1-3H3. The van der Waals surface area contributed by atoms with Crippen LogP contribution in [0.2, 0.25) is 0 Å². The van der Waals surface area contributed by atoms with Crippen LogP contribution in [0, 0.1) is 24.7 Å². The Hall–Kier alpha value is -3.15. The third-order valence-corrected chi connectivity index (χ3v) is 7.04. The maximum absolute atomic E-state index is 13.7. The highest BCUT2D eigenvalue weighted by molar-refractivity contribution is 6.17. The van der Waals surface area contributed by atoms with Gasteiger partial charge in [0.2, 0.25) is 0 Å². The van der Waals surface area contributed by atoms with E-state index in [1.165, 1.54) is 4.90 Å². The van der Waals surface area contributed by atoms with Gasteiger partial charge in [0.1, 0.15) is 17.7 Å². The lowest BCUT2D eigenvalue weighted by Gasteiger charge is -2.40. The Morgan fingerprint density at radius 2 is 1.87 bits per heavy atom. The number of aromatic nitrogens is 1. The molecule has 0 bridgehead atoms. The van der Waals surface area contributed by atoms with Gasteiger partial charge in [0.05, 0.1) is 17.5 Å². The Kier molecular flexibility index (Phi) is 4.61. The number of hydrogen-bond acceptors (Lipinski definition) is 5. The number of phenolic OH excluding ortho intramolecular Hbond substituents is 1. The maximum atomic E-state index is 13.7. The Morgan fingerprint density at radius 1 is 1.10 bits per heavy atom. The third kappa shape index (κ3) is 3.12. The first-order chi connectivity index (χ1) is 14.8. The predicted octanol–water partition coefficient (Wildman–Crippen LogP) is 4.09. The SMILES string of the molecule is Cc1ccc(N2C(=O)C3=C(C(=O)C4CC(C)C(C)CC4O3)C2c2cccc(O)c2)nc1. The molecular weight excluding hydrogens is 392 g/mol. The maximum Gasteiger partial charge on any atom is 0.295 e. The van der Waals surface area contributed by atoms with Crippen LogP contribution >= 0.6 is 0 Å². The summed E-state index contributed by atoms with van der Waals surface area (Å²) in [7, 11) is 0. The first-order valence-corrected chi connectivity index (χ1v) is 10.9. The molecule has 1 amide bonds. The fraction of sp³-hybridized carbons (Fsp3) is 0.400. The number of pyridine rings is 1. The number of aryl methyl sites for hydroxylation is 1. The molecule has 1 aliphatic carbocycles. The molecule has 2 aliphatic heterocycles. The summed E-state index contributed by atoms with van der Waals surface area (Å²) in [5.74, 6) is 0.926. The van der Waals surface area contributed by atoms with Crippen molar-refractivity contribution >= 4 is 17.5 Å². The van der Waals surface area contributed by atoms with Crippen molar-refractivity contribution in [3.8, 4) is 5.75 Å². The molecule has 2 aromatic rings. The molecule has 0 spiro atoms. The zero-order valence-electron chi connectivity index (χ0n) is 17.9. The molecule has 1 aromatic carbocycles. The van der Waals surface area contributed by atoms with Crippen LogP contribution in [0.4, 0.5) is 5.82 Å². The minimum Gasteiger partial charge on any atom is -0.508 e. The van der Waals surface area contributed by atoms with Crippen molar-refractivity contribution in [2.45, 2.75) is 45.8 Å². The van der Waals surface area contributed by atoms with Crippen LogP contribution in [0.3, 0.4) is 0 Å². The van der Waals surface area contributed by atoms with Gasteiger partial charge in [-0.05, 0) is 60.9 Å². The minimum absolute atomic E-state index is 0.0127. The van der Waals surface area contributed by atoms with Gasteiger partial charge in [-0.3, -0.25) is 14.5 Å². The Morgan fingerprint density at radius 3 is 2.58 bits per heavy atom. The number of fused-ring (bicyclic) bond motifs is 1. The first kappa shape index (κ1) is 19.8. The molecule has 6 heteroatoms. The van der Waals surface area contributed by atoms with Crippen LogP contribution in [0.25, 0.3) is 0 Å². The van der Waals surface area contributed by atoms with Crippen LogP contribution in [-0.2, 0) is 14.3 Å². The van der Waals surface area contributed by atoms with Crippen molar-refractivity contribution in [2.24, 2.45) is 17.8 Å². The van der Waals surface area contributed by atoms with Gasteiger partial charge in [-0.2, -0.15) is 0 Å². The first-order valence-electron chi connectivity index (χ1n) is 10.9. The summed E-state index contributed by atoms with van der Waals surface area (Å²) in [6.07, 6.45) is 2.95. The van der Waals surface area contributed by atoms with E-state index in [1.807, 2.05) is 19.1 Å². The number of ketones is 1. The zero-order valence-corrected chi connectivity index (χ0v) is 17.9. The molecule has 160 valence electrons. The predicted molar refractivity (Wildman–Crippen MR) is 115 cm³/mol. The van der Waals surface area contributed by atoms with E-state index in [4.69, 9.17) is 4.74 Å². The molecule has 5 atom stereocenters. The van der Waals surface area contributed by atoms with E-state index >= 15 is 0 Å². The van der Waals surface area contributed by atoms with E-state index in [0.29, 0.717) is 28.8 Å². The smallest absolute Gasteiger partial charge is 0.295 e. The quantitative estimate of drug-likeness (QED) is 0.795. The van der Waals surface area contributed by atoms with Crippen LogP contribution in [-0.4, -0.2) is 27.9 Å². The summed E-state index contributed by atoms with van der Waals surface area (Å²) in [5.41, 5.74) is 2.03. The molecule has 3 heterocycles. The monoisotopic (exact) mass is 418 g/mol. The molecule has 6 nitrogen and oxygen atoms in total. The van der Waals surface area contributed by atoms with Crippen LogP contribution in [0.5, 0.6) is 5.75 Å². The molecule has 1 saturated carbocycles. The number of rotatable bonds is 2. The minimum atomic E-state index is -0.673. The molecule has 31 heavy (non-hydrogen) atoms. The molecule has 1 fully saturated rings. The number of ether oxygens (including phenoxy) is 1. The molecule has 0 radical (unpaired) electrons. The van der Waals surface area contributed by atoms with Gasteiger partial charge < -0.3 is 9.84 Å². The number of amides is 1. The molecular formula is C25H26N2O4. The Balaban J connectivity index is 1.64. The normalized spacial score (nSPS) is 30.2. The summed E-state index contributed by atoms with van der Waals surface area (Å²) < 4.78 is 6.25. The van der Waals surface area contributed by atoms with E-state index in [1.54, 1.807) is 30.5 Å². The van der Waals surface area contributed by atoms with Gasteiger partial charge in [-0.15, -0.1) is 0 Å². The number of anilines is 1. The second-order valence-electron chi connectivity index (χ2n) is 9.16. The molecule has 5 rings (SSSR count). The van der Waals surface area contributed by atoms with Crippen LogP contribution in [0.1, 0.15) is 43.9 Å². The van der Waals surface area contributed by atoms with Gasteiger partial charge in [0, 0.05) is 6.20 Å². The number of carbonyl (C=O) groups excluding carboxylic acids is 2. The lowest BCUT2D eigenvalue weighted by molar-refractivity contribution is -0.134. The van der Waals surface area contributed by atoms with Gasteiger partial charge in [0.25, 0.3) is 5.91 Å². The lowest BCUT2D eigenvalue weighted by atomic mass is 9.70. The molecule has 1 aromatic heterocycles. The van der Waals surface area contributed by atoms with E-state index in [-0.39, 0.29) is 35.2 Å². The Labute approximate surface area is 181 Å². The lowest BCUT2D eigenvalue weighted by Crippen LogP contribution is -2.43. The van der Waals surface area contributed by atoms with Crippen molar-refractivity contribution in [2.75, 3.05) is 4.90 Å². The second kappa shape index (κ2) is 7.22. The van der Waals surface area contributed by atoms with Crippen molar-refractivity contribution in [3.05, 3.63) is 65.1 Å². The number of nitrogens with zero attached hydrogens (tertiary/aromatic N) is 2. The highest BCUT2D eigenvalue weighted by Crippen LogP contribution is 2.49. The number of benzene rings is 1. The number of Topliss-reactive ketones (excluding diaryl/α,β-unsaturated/α-hetero) is 1. The van der Waals surface area contributed by atoms with Gasteiger partial charge in [0.15, 0.2) is 11.5 Å². The number of phenols is 1. The van der Waals surface area contributed by atoms with E-state index in [2.05, 4.69) is 18.8 Å². The number of aromatic hydroxyl groups is 1. The average molecular weight is 418 g/mol. The van der Waals surface area contributed by atoms with Gasteiger partial charge in [-0.25, -0.2) is 4.98 Å². The van der Waals surface area contributed by atoms with Crippen molar-refractivity contribution < 1.29 is 19.4 Å². The second-order valence-corrected chi connectivity index (χ2v) is 9.16. The molecule has 3 aliphatic rings. The molecule has 1 N–H and O–H groups in total. The number of carbonyl (C=O) groups is 2. The van der Waals surface area contributed by atoms with E-state index < -0.39 is 6.04 Å². The molecule has 0 saturated heterocycles. The molecule has 5 unspecified atom stereocenters. The average Bonchev–Trinajstić information content (AvgIpc) is 3.03. The van der Waals surface area contributed by atoms with E-state index in [9.17, 15) is 14.7 Å². The van der Waals surface area contributed by atoms with Gasteiger partial charge in [-0.1, -0.05) is 32.0 Å². The highest BCUT2D eigenvalue weighted by atomic mass is 16.5. The number of hydrogen-bond donors (Lipinski definition) is 1. The van der Waals surface area contributed by atoms with Crippen LogP contribution in [0.15, 0.2) is 53.9 Å². The third-order valence-electron chi connectivity index (χ3n) is 7.04. The summed E-state index contributed by atoms with van der Waals surface area (Å²) in [6, 6.07) is 9.70. The summed E-state index contributed by atoms with van der Waals surface area (Å²) in [6.45, 7) is 6.28. The summed E-state index contributed by atoms with van der Waals surface area (Å²) in [5, 5.41) is 10.1. The van der Waals surface area contributed by atoms with E-state index in [0.717, 1.165) is 18.4 Å². The Bertz CT molecular complexity index is 1090. The van der Waals surface area contributed by atoms with Gasteiger partial charge >= 0.3 is 0 Å². The summed E-state index contributed by atoms with van der Waals surface area (Å²) >= 11 is 0. The fourth-order valence-electron chi connectivity index (χ4n) is 5.11. The zero-order chi connectivity index (χ0) is 21.9. The van der Waals surface area contributed by atoms with Crippen molar-refractivity contribution in [1.29, 1.82) is 0 Å². The highest BCUT2D eigenvalue weighted by Gasteiger charge is 2.54. The topological polar surface area (TPSA) is 79.7 Å².